The second kappa shape index (κ2) is 6.40. The molecule has 0 bridgehead atoms. The van der Waals surface area contributed by atoms with E-state index in [0.717, 1.165) is 0 Å². The van der Waals surface area contributed by atoms with Gasteiger partial charge in [0.1, 0.15) is 0 Å². The van der Waals surface area contributed by atoms with Crippen molar-refractivity contribution >= 4 is 11.8 Å². The van der Waals surface area contributed by atoms with Crippen LogP contribution in [0.2, 0.25) is 0 Å². The van der Waals surface area contributed by atoms with E-state index in [1.165, 1.54) is 12.5 Å². The van der Waals surface area contributed by atoms with Crippen LogP contribution < -0.4 is 11.5 Å². The van der Waals surface area contributed by atoms with Crippen LogP contribution in [-0.2, 0) is 19.1 Å². The summed E-state index contributed by atoms with van der Waals surface area (Å²) in [6.07, 6.45) is 4.94. The van der Waals surface area contributed by atoms with E-state index in [2.05, 4.69) is 0 Å². The summed E-state index contributed by atoms with van der Waals surface area (Å²) in [4.78, 5) is 26.1. The molecule has 4 N–H and O–H groups in total. The van der Waals surface area contributed by atoms with Gasteiger partial charge in [0, 0.05) is 26.2 Å². The van der Waals surface area contributed by atoms with Gasteiger partial charge in [-0.1, -0.05) is 0 Å². The molecule has 0 radical (unpaired) electrons. The molecule has 2 heterocycles. The fourth-order valence-electron chi connectivity index (χ4n) is 2.15. The lowest BCUT2D eigenvalue weighted by molar-refractivity contribution is -0.142. The number of amides is 2. The minimum Gasteiger partial charge on any atom is -0.474 e. The number of ether oxygens (including phenoxy) is 2. The Hall–Kier alpha value is -2.06. The molecule has 0 aromatic rings. The molecular weight excluding hydrogens is 264 g/mol. The number of hydrogen-bond acceptors (Lipinski definition) is 6. The minimum absolute atomic E-state index is 0.499. The number of carbonyl (C=O) groups excluding carboxylic acids is 2. The molecule has 8 heteroatoms. The lowest BCUT2D eigenvalue weighted by Gasteiger charge is -2.35. The predicted molar refractivity (Wildman–Crippen MR) is 69.6 cm³/mol. The highest BCUT2D eigenvalue weighted by molar-refractivity contribution is 5.79. The quantitative estimate of drug-likeness (QED) is 0.622. The summed E-state index contributed by atoms with van der Waals surface area (Å²) in [5.41, 5.74) is 10.6. The first-order valence-electron chi connectivity index (χ1n) is 6.27. The lowest BCUT2D eigenvalue weighted by Crippen LogP contribution is -2.53. The van der Waals surface area contributed by atoms with Crippen LogP contribution in [-0.4, -0.2) is 60.2 Å². The number of nitrogens with two attached hydrogens (primary N) is 2. The van der Waals surface area contributed by atoms with Gasteiger partial charge in [0.05, 0.1) is 12.5 Å². The molecule has 0 saturated heterocycles. The zero-order valence-corrected chi connectivity index (χ0v) is 11.0. The van der Waals surface area contributed by atoms with Gasteiger partial charge in [0.2, 0.25) is 12.5 Å². The molecule has 2 rings (SSSR count). The standard InChI is InChI=1S/C12H18N4O4/c13-9(17)11-15(3-1-7-19-11)5-6-16-4-2-8-20-12(16)10(14)18/h1-2,7-8,11-12H,3-6H2,(H2,13,17)(H2,14,18). The number of nitrogens with zero attached hydrogens (tertiary/aromatic N) is 2. The largest absolute Gasteiger partial charge is 0.474 e. The number of hydrogen-bond donors (Lipinski definition) is 2. The summed E-state index contributed by atoms with van der Waals surface area (Å²) in [7, 11) is 0. The summed E-state index contributed by atoms with van der Waals surface area (Å²) in [5.74, 6) is -1.09. The fraction of sp³-hybridized carbons (Fsp3) is 0.500. The molecule has 110 valence electrons. The van der Waals surface area contributed by atoms with Crippen molar-refractivity contribution in [1.82, 2.24) is 9.80 Å². The monoisotopic (exact) mass is 282 g/mol. The topological polar surface area (TPSA) is 111 Å². The van der Waals surface area contributed by atoms with Gasteiger partial charge >= 0.3 is 0 Å². The van der Waals surface area contributed by atoms with Crippen molar-refractivity contribution in [3.8, 4) is 0 Å². The molecule has 2 aliphatic rings. The van der Waals surface area contributed by atoms with E-state index >= 15 is 0 Å². The Kier molecular flexibility index (Phi) is 4.59. The van der Waals surface area contributed by atoms with E-state index in [-0.39, 0.29) is 0 Å². The fourth-order valence-corrected chi connectivity index (χ4v) is 2.15. The molecule has 2 aliphatic heterocycles. The Labute approximate surface area is 116 Å². The molecule has 0 aromatic heterocycles. The third-order valence-electron chi connectivity index (χ3n) is 3.11. The minimum atomic E-state index is -0.784. The SMILES string of the molecule is NC(=O)C1OC=CCN1CCN1CC=COC1C(N)=O. The zero-order chi connectivity index (χ0) is 14.5. The van der Waals surface area contributed by atoms with E-state index in [4.69, 9.17) is 20.9 Å². The Balaban J connectivity index is 1.93. The summed E-state index contributed by atoms with van der Waals surface area (Å²) >= 11 is 0. The van der Waals surface area contributed by atoms with E-state index in [1.807, 2.05) is 0 Å². The third-order valence-corrected chi connectivity index (χ3v) is 3.11. The van der Waals surface area contributed by atoms with Crippen LogP contribution in [0.4, 0.5) is 0 Å². The maximum Gasteiger partial charge on any atom is 0.274 e. The van der Waals surface area contributed by atoms with E-state index in [1.54, 1.807) is 22.0 Å². The van der Waals surface area contributed by atoms with Crippen LogP contribution in [0.25, 0.3) is 0 Å². The molecule has 0 fully saturated rings. The van der Waals surface area contributed by atoms with Gasteiger partial charge in [0.15, 0.2) is 0 Å². The third kappa shape index (κ3) is 3.28. The summed E-state index contributed by atoms with van der Waals surface area (Å²) in [6, 6.07) is 0. The highest BCUT2D eigenvalue weighted by atomic mass is 16.5. The molecular formula is C12H18N4O4. The maximum absolute atomic E-state index is 11.3. The van der Waals surface area contributed by atoms with Gasteiger partial charge in [-0.15, -0.1) is 0 Å². The molecule has 20 heavy (non-hydrogen) atoms. The number of carbonyl (C=O) groups is 2. The Morgan fingerprint density at radius 3 is 1.70 bits per heavy atom. The molecule has 2 unspecified atom stereocenters. The second-order valence-corrected chi connectivity index (χ2v) is 4.52. The smallest absolute Gasteiger partial charge is 0.274 e. The Morgan fingerprint density at radius 1 is 0.950 bits per heavy atom. The normalized spacial score (nSPS) is 26.8. The van der Waals surface area contributed by atoms with Crippen LogP contribution in [0.1, 0.15) is 0 Å². The van der Waals surface area contributed by atoms with Gasteiger partial charge in [-0.2, -0.15) is 0 Å². The van der Waals surface area contributed by atoms with Crippen molar-refractivity contribution in [2.75, 3.05) is 26.2 Å². The summed E-state index contributed by atoms with van der Waals surface area (Å²) in [5, 5.41) is 0. The van der Waals surface area contributed by atoms with Gasteiger partial charge in [0.25, 0.3) is 11.8 Å². The molecule has 0 spiro atoms. The lowest BCUT2D eigenvalue weighted by atomic mass is 10.3. The van der Waals surface area contributed by atoms with Crippen molar-refractivity contribution in [3.63, 3.8) is 0 Å². The molecule has 0 aromatic carbocycles. The van der Waals surface area contributed by atoms with Crippen molar-refractivity contribution in [2.24, 2.45) is 11.5 Å². The predicted octanol–water partition coefficient (Wildman–Crippen LogP) is -1.70. The molecule has 2 atom stereocenters. The molecule has 0 saturated carbocycles. The van der Waals surface area contributed by atoms with Gasteiger partial charge < -0.3 is 20.9 Å². The molecule has 0 aliphatic carbocycles. The highest BCUT2D eigenvalue weighted by Gasteiger charge is 2.30. The van der Waals surface area contributed by atoms with Gasteiger partial charge in [-0.3, -0.25) is 19.4 Å². The van der Waals surface area contributed by atoms with Crippen LogP contribution in [0.3, 0.4) is 0 Å². The number of primary amides is 2. The van der Waals surface area contributed by atoms with Crippen LogP contribution in [0.15, 0.2) is 24.7 Å². The van der Waals surface area contributed by atoms with E-state index < -0.39 is 24.3 Å². The number of rotatable bonds is 5. The molecule has 8 nitrogen and oxygen atoms in total. The zero-order valence-electron chi connectivity index (χ0n) is 11.0. The van der Waals surface area contributed by atoms with Crippen molar-refractivity contribution in [1.29, 1.82) is 0 Å². The van der Waals surface area contributed by atoms with Crippen LogP contribution in [0, 0.1) is 0 Å². The first-order valence-corrected chi connectivity index (χ1v) is 6.27. The van der Waals surface area contributed by atoms with Crippen molar-refractivity contribution in [3.05, 3.63) is 24.7 Å². The first kappa shape index (κ1) is 14.4. The van der Waals surface area contributed by atoms with Crippen molar-refractivity contribution in [2.45, 2.75) is 12.5 Å². The van der Waals surface area contributed by atoms with Gasteiger partial charge in [-0.05, 0) is 12.2 Å². The van der Waals surface area contributed by atoms with E-state index in [0.29, 0.717) is 26.2 Å². The van der Waals surface area contributed by atoms with Crippen LogP contribution >= 0.6 is 0 Å². The van der Waals surface area contributed by atoms with Crippen LogP contribution in [0.5, 0.6) is 0 Å². The molecule has 2 amide bonds. The second-order valence-electron chi connectivity index (χ2n) is 4.52. The summed E-state index contributed by atoms with van der Waals surface area (Å²) in [6.45, 7) is 2.11. The highest BCUT2D eigenvalue weighted by Crippen LogP contribution is 2.11. The Bertz CT molecular complexity index is 397. The first-order chi connectivity index (χ1) is 9.59. The summed E-state index contributed by atoms with van der Waals surface area (Å²) < 4.78 is 10.4. The average Bonchev–Trinajstić information content (AvgIpc) is 2.45. The average molecular weight is 282 g/mol. The van der Waals surface area contributed by atoms with E-state index in [9.17, 15) is 9.59 Å². The Morgan fingerprint density at radius 2 is 1.35 bits per heavy atom. The maximum atomic E-state index is 11.3. The van der Waals surface area contributed by atoms with Crippen molar-refractivity contribution < 1.29 is 19.1 Å². The van der Waals surface area contributed by atoms with Gasteiger partial charge in [-0.25, -0.2) is 0 Å².